The summed E-state index contributed by atoms with van der Waals surface area (Å²) >= 11 is 1.57. The summed E-state index contributed by atoms with van der Waals surface area (Å²) in [6.45, 7) is 3.85. The highest BCUT2D eigenvalue weighted by atomic mass is 32.2. The second-order valence-corrected chi connectivity index (χ2v) is 10.3. The van der Waals surface area contributed by atoms with Crippen molar-refractivity contribution in [2.24, 2.45) is 0 Å². The van der Waals surface area contributed by atoms with Gasteiger partial charge in [0.15, 0.2) is 5.69 Å². The Morgan fingerprint density at radius 3 is 2.57 bits per heavy atom. The number of nitrogens with zero attached hydrogens (tertiary/aromatic N) is 3. The number of amides is 2. The molecule has 1 N–H and O–H groups in total. The molecule has 1 aliphatic carbocycles. The number of carbonyl (C=O) groups is 3. The number of benzene rings is 1. The fraction of sp³-hybridized carbons (Fsp3) is 0.538. The maximum absolute atomic E-state index is 13.9. The standard InChI is InChI=1S/C26H34N4O4S/c1-4-34-24(32)21-16-22-23(31)30(19-13-10-14-20(15-19)35-3)26(2,17-29(22)28-21)25(33)27-18-11-8-6-5-7-9-12-18/h10,13-16,18H,4-9,11-12,17H2,1-3H3,(H,27,33)/t26-/m1/s1. The number of carbonyl (C=O) groups excluding carboxylic acids is 3. The molecule has 0 spiro atoms. The molecular formula is C26H34N4O4S. The minimum atomic E-state index is -1.22. The molecule has 0 radical (unpaired) electrons. The topological polar surface area (TPSA) is 93.5 Å². The Kier molecular flexibility index (Phi) is 7.84. The van der Waals surface area contributed by atoms with Crippen LogP contribution in [-0.4, -0.2) is 52.0 Å². The van der Waals surface area contributed by atoms with Crippen LogP contribution in [0, 0.1) is 0 Å². The monoisotopic (exact) mass is 498 g/mol. The van der Waals surface area contributed by atoms with E-state index >= 15 is 0 Å². The number of rotatable bonds is 6. The van der Waals surface area contributed by atoms with Crippen molar-refractivity contribution < 1.29 is 19.1 Å². The molecule has 8 nitrogen and oxygen atoms in total. The number of hydrogen-bond donors (Lipinski definition) is 1. The molecule has 1 saturated carbocycles. The normalized spacial score (nSPS) is 21.1. The van der Waals surface area contributed by atoms with Gasteiger partial charge in [-0.1, -0.05) is 38.2 Å². The fourth-order valence-corrected chi connectivity index (χ4v) is 5.43. The number of aromatic nitrogens is 2. The van der Waals surface area contributed by atoms with Crippen molar-refractivity contribution in [2.75, 3.05) is 17.8 Å². The average molecular weight is 499 g/mol. The highest BCUT2D eigenvalue weighted by Crippen LogP contribution is 2.35. The minimum Gasteiger partial charge on any atom is -0.461 e. The lowest BCUT2D eigenvalue weighted by Crippen LogP contribution is -2.65. The summed E-state index contributed by atoms with van der Waals surface area (Å²) in [6.07, 6.45) is 9.65. The second-order valence-electron chi connectivity index (χ2n) is 9.42. The maximum Gasteiger partial charge on any atom is 0.358 e. The number of nitrogens with one attached hydrogen (secondary N) is 1. The third kappa shape index (κ3) is 5.24. The molecule has 0 unspecified atom stereocenters. The van der Waals surface area contributed by atoms with Crippen LogP contribution in [-0.2, 0) is 16.1 Å². The van der Waals surface area contributed by atoms with E-state index in [9.17, 15) is 14.4 Å². The highest BCUT2D eigenvalue weighted by Gasteiger charge is 2.49. The van der Waals surface area contributed by atoms with Crippen molar-refractivity contribution in [3.05, 3.63) is 41.7 Å². The highest BCUT2D eigenvalue weighted by molar-refractivity contribution is 7.98. The summed E-state index contributed by atoms with van der Waals surface area (Å²) in [4.78, 5) is 42.6. The molecule has 9 heteroatoms. The van der Waals surface area contributed by atoms with E-state index < -0.39 is 11.5 Å². The minimum absolute atomic E-state index is 0.0673. The summed E-state index contributed by atoms with van der Waals surface area (Å²) in [5.74, 6) is -1.16. The summed E-state index contributed by atoms with van der Waals surface area (Å²) < 4.78 is 6.56. The summed E-state index contributed by atoms with van der Waals surface area (Å²) in [5.41, 5.74) is -0.250. The zero-order valence-corrected chi connectivity index (χ0v) is 21.5. The lowest BCUT2D eigenvalue weighted by Gasteiger charge is -2.44. The van der Waals surface area contributed by atoms with Gasteiger partial charge in [-0.15, -0.1) is 11.8 Å². The van der Waals surface area contributed by atoms with Gasteiger partial charge in [0.1, 0.15) is 11.2 Å². The molecule has 2 amide bonds. The van der Waals surface area contributed by atoms with Crippen molar-refractivity contribution in [1.29, 1.82) is 0 Å². The first-order valence-electron chi connectivity index (χ1n) is 12.4. The molecule has 1 aromatic heterocycles. The molecule has 2 aromatic rings. The van der Waals surface area contributed by atoms with Crippen molar-refractivity contribution in [3.8, 4) is 0 Å². The molecule has 35 heavy (non-hydrogen) atoms. The number of anilines is 1. The third-order valence-electron chi connectivity index (χ3n) is 6.88. The summed E-state index contributed by atoms with van der Waals surface area (Å²) in [7, 11) is 0. The summed E-state index contributed by atoms with van der Waals surface area (Å²) in [5, 5.41) is 7.60. The van der Waals surface area contributed by atoms with Gasteiger partial charge in [0.05, 0.1) is 13.2 Å². The van der Waals surface area contributed by atoms with Gasteiger partial charge in [0.25, 0.3) is 5.91 Å². The van der Waals surface area contributed by atoms with Gasteiger partial charge in [-0.25, -0.2) is 4.79 Å². The van der Waals surface area contributed by atoms with E-state index in [4.69, 9.17) is 4.74 Å². The van der Waals surface area contributed by atoms with E-state index in [1.165, 1.54) is 30.0 Å². The largest absolute Gasteiger partial charge is 0.461 e. The number of thioether (sulfide) groups is 1. The third-order valence-corrected chi connectivity index (χ3v) is 7.60. The van der Waals surface area contributed by atoms with Crippen molar-refractivity contribution >= 4 is 35.2 Å². The molecule has 0 saturated heterocycles. The van der Waals surface area contributed by atoms with Crippen LogP contribution in [0.4, 0.5) is 5.69 Å². The van der Waals surface area contributed by atoms with Crippen LogP contribution in [0.25, 0.3) is 0 Å². The van der Waals surface area contributed by atoms with Crippen LogP contribution in [0.2, 0.25) is 0 Å². The van der Waals surface area contributed by atoms with Gasteiger partial charge in [0, 0.05) is 22.7 Å². The molecule has 4 rings (SSSR count). The van der Waals surface area contributed by atoms with E-state index in [2.05, 4.69) is 10.4 Å². The first-order chi connectivity index (χ1) is 16.9. The van der Waals surface area contributed by atoms with E-state index in [-0.39, 0.29) is 42.4 Å². The molecule has 188 valence electrons. The Morgan fingerprint density at radius 1 is 1.17 bits per heavy atom. The average Bonchev–Trinajstić information content (AvgIpc) is 3.25. The second kappa shape index (κ2) is 10.8. The lowest BCUT2D eigenvalue weighted by molar-refractivity contribution is -0.127. The Balaban J connectivity index is 1.72. The smallest absolute Gasteiger partial charge is 0.358 e. The lowest BCUT2D eigenvalue weighted by atomic mass is 9.91. The molecule has 1 aliphatic heterocycles. The predicted molar refractivity (Wildman–Crippen MR) is 136 cm³/mol. The predicted octanol–water partition coefficient (Wildman–Crippen LogP) is 4.43. The van der Waals surface area contributed by atoms with Gasteiger partial charge in [0.2, 0.25) is 5.91 Å². The molecule has 1 aromatic carbocycles. The van der Waals surface area contributed by atoms with E-state index in [1.807, 2.05) is 30.5 Å². The van der Waals surface area contributed by atoms with Gasteiger partial charge in [-0.05, 0) is 51.1 Å². The molecule has 2 aliphatic rings. The number of fused-ring (bicyclic) bond motifs is 1. The van der Waals surface area contributed by atoms with Crippen LogP contribution in [0.5, 0.6) is 0 Å². The molecule has 1 fully saturated rings. The zero-order chi connectivity index (χ0) is 25.0. The van der Waals surface area contributed by atoms with Crippen LogP contribution < -0.4 is 10.2 Å². The van der Waals surface area contributed by atoms with Crippen molar-refractivity contribution in [1.82, 2.24) is 15.1 Å². The first kappa shape index (κ1) is 25.3. The molecule has 0 bridgehead atoms. The fourth-order valence-electron chi connectivity index (χ4n) is 4.98. The zero-order valence-electron chi connectivity index (χ0n) is 20.7. The van der Waals surface area contributed by atoms with Crippen LogP contribution in [0.15, 0.2) is 35.2 Å². The summed E-state index contributed by atoms with van der Waals surface area (Å²) in [6, 6.07) is 9.16. The Labute approximate surface area is 210 Å². The first-order valence-corrected chi connectivity index (χ1v) is 13.6. The van der Waals surface area contributed by atoms with E-state index in [0.717, 1.165) is 30.6 Å². The van der Waals surface area contributed by atoms with Crippen LogP contribution in [0.3, 0.4) is 0 Å². The Bertz CT molecular complexity index is 1090. The van der Waals surface area contributed by atoms with Gasteiger partial charge in [-0.2, -0.15) is 5.10 Å². The molecular weight excluding hydrogens is 464 g/mol. The number of hydrogen-bond acceptors (Lipinski definition) is 6. The van der Waals surface area contributed by atoms with Crippen LogP contribution >= 0.6 is 11.8 Å². The SMILES string of the molecule is CCOC(=O)c1cc2n(n1)C[C@](C)(C(=O)NC1CCCCCCC1)N(c1cccc(SC)c1)C2=O. The maximum atomic E-state index is 13.9. The number of esters is 1. The van der Waals surface area contributed by atoms with Gasteiger partial charge >= 0.3 is 5.97 Å². The Morgan fingerprint density at radius 2 is 1.89 bits per heavy atom. The van der Waals surface area contributed by atoms with Gasteiger partial charge < -0.3 is 10.1 Å². The number of ether oxygens (including phenoxy) is 1. The molecule has 2 heterocycles. The molecule has 1 atom stereocenters. The van der Waals surface area contributed by atoms with Crippen molar-refractivity contribution in [3.63, 3.8) is 0 Å². The Hall–Kier alpha value is -2.81. The van der Waals surface area contributed by atoms with E-state index in [1.54, 1.807) is 30.5 Å². The quantitative estimate of drug-likeness (QED) is 0.468. The van der Waals surface area contributed by atoms with Crippen molar-refractivity contribution in [2.45, 2.75) is 81.8 Å². The van der Waals surface area contributed by atoms with E-state index in [0.29, 0.717) is 5.69 Å². The van der Waals surface area contributed by atoms with Gasteiger partial charge in [-0.3, -0.25) is 19.2 Å². The van der Waals surface area contributed by atoms with Crippen LogP contribution in [0.1, 0.15) is 79.8 Å².